The van der Waals surface area contributed by atoms with Crippen molar-refractivity contribution in [3.8, 4) is 0 Å². The number of fused-ring (bicyclic) bond motifs is 3. The zero-order chi connectivity index (χ0) is 12.9. The molecule has 1 heterocycles. The van der Waals surface area contributed by atoms with E-state index in [1.165, 1.54) is 16.3 Å². The Bertz CT molecular complexity index is 726. The Hall–Kier alpha value is -0.770. The Balaban J connectivity index is 2.52. The van der Waals surface area contributed by atoms with Crippen LogP contribution >= 0.6 is 0 Å². The summed E-state index contributed by atoms with van der Waals surface area (Å²) >= 11 is -0.201. The molecule has 0 N–H and O–H groups in total. The monoisotopic (exact) mass is 352 g/mol. The van der Waals surface area contributed by atoms with Crippen LogP contribution in [0.5, 0.6) is 0 Å². The summed E-state index contributed by atoms with van der Waals surface area (Å²) in [6.07, 6.45) is 0. The van der Waals surface area contributed by atoms with Gasteiger partial charge in [0.05, 0.1) is 0 Å². The van der Waals surface area contributed by atoms with Crippen molar-refractivity contribution in [1.82, 2.24) is 0 Å². The zero-order valence-electron chi connectivity index (χ0n) is 11.4. The van der Waals surface area contributed by atoms with Crippen molar-refractivity contribution >= 4 is 38.0 Å². The topological polar surface area (TPSA) is 0 Å². The first-order valence-corrected chi connectivity index (χ1v) is 8.73. The first kappa shape index (κ1) is 12.3. The van der Waals surface area contributed by atoms with Crippen LogP contribution in [-0.4, -0.2) is 20.4 Å². The van der Waals surface area contributed by atoms with Gasteiger partial charge in [0, 0.05) is 0 Å². The predicted molar refractivity (Wildman–Crippen MR) is 81.8 cm³/mol. The summed E-state index contributed by atoms with van der Waals surface area (Å²) in [5, 5.41) is 2.99. The van der Waals surface area contributed by atoms with E-state index < -0.39 is 0 Å². The summed E-state index contributed by atoms with van der Waals surface area (Å²) < 4.78 is 3.28. The molecule has 0 saturated heterocycles. The number of hydrogen-bond donors (Lipinski definition) is 0. The van der Waals surface area contributed by atoms with Crippen molar-refractivity contribution in [2.75, 3.05) is 0 Å². The molecule has 0 saturated carbocycles. The van der Waals surface area contributed by atoms with Crippen LogP contribution in [0.1, 0.15) is 31.9 Å². The molecule has 0 nitrogen and oxygen atoms in total. The van der Waals surface area contributed by atoms with E-state index >= 15 is 0 Å². The van der Waals surface area contributed by atoms with Crippen molar-refractivity contribution in [2.24, 2.45) is 0 Å². The second-order valence-electron chi connectivity index (χ2n) is 5.98. The third-order valence-corrected chi connectivity index (χ3v) is 6.94. The molecule has 3 rings (SSSR count). The maximum atomic E-state index is 2.34. The second kappa shape index (κ2) is 4.12. The predicted octanol–water partition coefficient (Wildman–Crippen LogP) is 4.66. The van der Waals surface area contributed by atoms with Gasteiger partial charge in [0.2, 0.25) is 0 Å². The van der Waals surface area contributed by atoms with Crippen LogP contribution < -0.4 is 0 Å². The van der Waals surface area contributed by atoms with E-state index in [2.05, 4.69) is 64.1 Å². The molecule has 3 aromatic rings. The fourth-order valence-electron chi connectivity index (χ4n) is 2.82. The van der Waals surface area contributed by atoms with Crippen LogP contribution in [0.4, 0.5) is 0 Å². The number of aryl methyl sites for hydroxylation is 1. The fraction of sp³-hybridized carbons (Fsp3) is 0.294. The van der Waals surface area contributed by atoms with Gasteiger partial charge < -0.3 is 0 Å². The molecule has 0 spiro atoms. The van der Waals surface area contributed by atoms with E-state index in [1.807, 2.05) is 0 Å². The van der Waals surface area contributed by atoms with Crippen LogP contribution in [-0.2, 0) is 5.41 Å². The summed E-state index contributed by atoms with van der Waals surface area (Å²) in [5.74, 6) is 0. The van der Waals surface area contributed by atoms with Gasteiger partial charge in [-0.3, -0.25) is 0 Å². The molecule has 18 heavy (non-hydrogen) atoms. The Morgan fingerprint density at radius 2 is 1.61 bits per heavy atom. The molecule has 1 heteroatoms. The Kier molecular flexibility index (Phi) is 2.81. The first-order chi connectivity index (χ1) is 8.48. The molecule has 0 aliphatic carbocycles. The molecule has 2 aromatic carbocycles. The van der Waals surface area contributed by atoms with Gasteiger partial charge in [-0.15, -0.1) is 0 Å². The normalized spacial score (nSPS) is 12.4. The summed E-state index contributed by atoms with van der Waals surface area (Å²) in [6, 6.07) is 13.6. The van der Waals surface area contributed by atoms with Gasteiger partial charge in [-0.05, 0) is 0 Å². The van der Waals surface area contributed by atoms with E-state index in [4.69, 9.17) is 0 Å². The molecule has 0 amide bonds. The molecule has 0 atom stereocenters. The minimum absolute atomic E-state index is 0.201. The van der Waals surface area contributed by atoms with E-state index in [0.29, 0.717) is 0 Å². The molecular formula is C17H18Te. The quantitative estimate of drug-likeness (QED) is 0.518. The third-order valence-electron chi connectivity index (χ3n) is 3.51. The molecule has 0 unspecified atom stereocenters. The van der Waals surface area contributed by atoms with Gasteiger partial charge in [-0.25, -0.2) is 0 Å². The molecule has 1 aromatic heterocycles. The average Bonchev–Trinajstić information content (AvgIpc) is 2.64. The van der Waals surface area contributed by atoms with Crippen LogP contribution in [0, 0.1) is 6.92 Å². The van der Waals surface area contributed by atoms with Gasteiger partial charge >= 0.3 is 119 Å². The molecule has 0 bridgehead atoms. The van der Waals surface area contributed by atoms with Crippen molar-refractivity contribution in [3.63, 3.8) is 0 Å². The molecular weight excluding hydrogens is 332 g/mol. The molecule has 0 aliphatic rings. The van der Waals surface area contributed by atoms with Crippen molar-refractivity contribution < 1.29 is 0 Å². The van der Waals surface area contributed by atoms with E-state index in [1.54, 1.807) is 12.4 Å². The summed E-state index contributed by atoms with van der Waals surface area (Å²) in [7, 11) is 0. The SMILES string of the molecule is Cc1ccc2c([te]c3ccccc32)c1C(C)(C)C. The minimum atomic E-state index is -0.201. The summed E-state index contributed by atoms with van der Waals surface area (Å²) in [4.78, 5) is 0. The Labute approximate surface area is 118 Å². The molecule has 0 aliphatic heterocycles. The molecule has 0 radical (unpaired) electrons. The second-order valence-corrected chi connectivity index (χ2v) is 8.99. The van der Waals surface area contributed by atoms with Gasteiger partial charge in [0.1, 0.15) is 0 Å². The standard InChI is InChI=1S/C17H18Te/c1-11-9-10-13-12-7-5-6-8-14(12)18-16(13)15(11)17(2,3)4/h5-10H,1-4H3. The number of benzene rings is 2. The van der Waals surface area contributed by atoms with Gasteiger partial charge in [-0.1, -0.05) is 0 Å². The van der Waals surface area contributed by atoms with Crippen molar-refractivity contribution in [1.29, 1.82) is 0 Å². The number of rotatable bonds is 0. The van der Waals surface area contributed by atoms with E-state index in [9.17, 15) is 0 Å². The maximum absolute atomic E-state index is 2.34. The van der Waals surface area contributed by atoms with Crippen LogP contribution in [0.2, 0.25) is 0 Å². The summed E-state index contributed by atoms with van der Waals surface area (Å²) in [5.41, 5.74) is 3.31. The van der Waals surface area contributed by atoms with Gasteiger partial charge in [-0.2, -0.15) is 0 Å². The molecule has 0 fully saturated rings. The first-order valence-electron chi connectivity index (χ1n) is 6.40. The van der Waals surface area contributed by atoms with E-state index in [-0.39, 0.29) is 25.8 Å². The third kappa shape index (κ3) is 1.81. The average molecular weight is 350 g/mol. The van der Waals surface area contributed by atoms with Gasteiger partial charge in [0.15, 0.2) is 0 Å². The summed E-state index contributed by atoms with van der Waals surface area (Å²) in [6.45, 7) is 9.28. The number of hydrogen-bond acceptors (Lipinski definition) is 0. The Morgan fingerprint density at radius 1 is 0.889 bits per heavy atom. The van der Waals surface area contributed by atoms with Crippen molar-refractivity contribution in [3.05, 3.63) is 47.5 Å². The fourth-order valence-corrected chi connectivity index (χ4v) is 7.13. The molecule has 92 valence electrons. The van der Waals surface area contributed by atoms with Crippen molar-refractivity contribution in [2.45, 2.75) is 33.1 Å². The zero-order valence-corrected chi connectivity index (χ0v) is 13.7. The Morgan fingerprint density at radius 3 is 2.33 bits per heavy atom. The van der Waals surface area contributed by atoms with Gasteiger partial charge in [0.25, 0.3) is 0 Å². The van der Waals surface area contributed by atoms with Crippen LogP contribution in [0.25, 0.3) is 17.6 Å². The van der Waals surface area contributed by atoms with Crippen LogP contribution in [0.15, 0.2) is 36.4 Å². The van der Waals surface area contributed by atoms with Crippen LogP contribution in [0.3, 0.4) is 0 Å². The van der Waals surface area contributed by atoms with E-state index in [0.717, 1.165) is 0 Å².